The summed E-state index contributed by atoms with van der Waals surface area (Å²) in [6.07, 6.45) is 3.39. The molecule has 1 aromatic heterocycles. The summed E-state index contributed by atoms with van der Waals surface area (Å²) in [5.74, 6) is -0.246. The first-order chi connectivity index (χ1) is 9.10. The summed E-state index contributed by atoms with van der Waals surface area (Å²) in [6, 6.07) is 13.4. The molecule has 0 radical (unpaired) electrons. The standard InChI is InChI=1S/C16H17NO2/c1-16(2,14-9-6-10-17-11-14)15(18)19-12-13-7-4-3-5-8-13/h3-11H,12H2,1-2H3. The van der Waals surface area contributed by atoms with Crippen molar-refractivity contribution in [2.45, 2.75) is 25.9 Å². The molecule has 0 atom stereocenters. The molecule has 0 unspecified atom stereocenters. The SMILES string of the molecule is CC(C)(C(=O)OCc1ccccc1)c1cccnc1. The predicted octanol–water partition coefficient (Wildman–Crippen LogP) is 3.10. The van der Waals surface area contributed by atoms with Crippen LogP contribution in [-0.2, 0) is 21.6 Å². The summed E-state index contributed by atoms with van der Waals surface area (Å²) in [5, 5.41) is 0. The third-order valence-corrected chi connectivity index (χ3v) is 3.11. The molecule has 0 saturated carbocycles. The van der Waals surface area contributed by atoms with Crippen LogP contribution in [0.4, 0.5) is 0 Å². The van der Waals surface area contributed by atoms with E-state index in [9.17, 15) is 4.79 Å². The van der Waals surface area contributed by atoms with Gasteiger partial charge in [-0.1, -0.05) is 36.4 Å². The Morgan fingerprint density at radius 1 is 1.16 bits per heavy atom. The van der Waals surface area contributed by atoms with Crippen molar-refractivity contribution in [2.24, 2.45) is 0 Å². The summed E-state index contributed by atoms with van der Waals surface area (Å²) in [6.45, 7) is 3.98. The quantitative estimate of drug-likeness (QED) is 0.788. The Morgan fingerprint density at radius 2 is 1.89 bits per heavy atom. The van der Waals surface area contributed by atoms with Crippen LogP contribution in [0.15, 0.2) is 54.9 Å². The highest BCUT2D eigenvalue weighted by atomic mass is 16.5. The molecule has 19 heavy (non-hydrogen) atoms. The molecule has 2 aromatic rings. The normalized spacial score (nSPS) is 11.1. The third-order valence-electron chi connectivity index (χ3n) is 3.11. The summed E-state index contributed by atoms with van der Waals surface area (Å²) in [4.78, 5) is 16.2. The zero-order valence-electron chi connectivity index (χ0n) is 11.2. The van der Waals surface area contributed by atoms with Crippen molar-refractivity contribution in [3.05, 3.63) is 66.0 Å². The van der Waals surface area contributed by atoms with Gasteiger partial charge in [0.15, 0.2) is 0 Å². The molecule has 1 heterocycles. The fourth-order valence-corrected chi connectivity index (χ4v) is 1.75. The van der Waals surface area contributed by atoms with E-state index in [4.69, 9.17) is 4.74 Å². The van der Waals surface area contributed by atoms with Crippen molar-refractivity contribution in [3.8, 4) is 0 Å². The molecule has 0 saturated heterocycles. The first-order valence-corrected chi connectivity index (χ1v) is 6.22. The van der Waals surface area contributed by atoms with Crippen molar-refractivity contribution in [3.63, 3.8) is 0 Å². The van der Waals surface area contributed by atoms with Crippen molar-refractivity contribution < 1.29 is 9.53 Å². The molecule has 3 heteroatoms. The van der Waals surface area contributed by atoms with E-state index in [0.717, 1.165) is 11.1 Å². The van der Waals surface area contributed by atoms with Crippen LogP contribution in [0.3, 0.4) is 0 Å². The lowest BCUT2D eigenvalue weighted by molar-refractivity contribution is -0.150. The van der Waals surface area contributed by atoms with Crippen molar-refractivity contribution in [1.29, 1.82) is 0 Å². The maximum absolute atomic E-state index is 12.2. The number of pyridine rings is 1. The largest absolute Gasteiger partial charge is 0.460 e. The van der Waals surface area contributed by atoms with Gasteiger partial charge < -0.3 is 4.74 Å². The van der Waals surface area contributed by atoms with Crippen molar-refractivity contribution in [1.82, 2.24) is 4.98 Å². The van der Waals surface area contributed by atoms with Crippen molar-refractivity contribution in [2.75, 3.05) is 0 Å². The van der Waals surface area contributed by atoms with Gasteiger partial charge >= 0.3 is 5.97 Å². The molecule has 0 spiro atoms. The summed E-state index contributed by atoms with van der Waals surface area (Å²) in [5.41, 5.74) is 1.15. The Kier molecular flexibility index (Phi) is 3.95. The topological polar surface area (TPSA) is 39.2 Å². The summed E-state index contributed by atoms with van der Waals surface area (Å²) >= 11 is 0. The molecular weight excluding hydrogens is 238 g/mol. The second kappa shape index (κ2) is 5.65. The molecule has 2 rings (SSSR count). The molecule has 1 aromatic carbocycles. The smallest absolute Gasteiger partial charge is 0.316 e. The van der Waals surface area contributed by atoms with E-state index in [1.807, 2.05) is 56.3 Å². The van der Waals surface area contributed by atoms with Crippen LogP contribution in [0.1, 0.15) is 25.0 Å². The maximum atomic E-state index is 12.2. The molecule has 0 bridgehead atoms. The number of benzene rings is 1. The van der Waals surface area contributed by atoms with Gasteiger partial charge in [-0.05, 0) is 31.0 Å². The van der Waals surface area contributed by atoms with Gasteiger partial charge in [0.05, 0.1) is 5.41 Å². The van der Waals surface area contributed by atoms with E-state index < -0.39 is 5.41 Å². The van der Waals surface area contributed by atoms with E-state index in [2.05, 4.69) is 4.98 Å². The van der Waals surface area contributed by atoms with Crippen molar-refractivity contribution >= 4 is 5.97 Å². The number of nitrogens with zero attached hydrogens (tertiary/aromatic N) is 1. The predicted molar refractivity (Wildman–Crippen MR) is 73.5 cm³/mol. The van der Waals surface area contributed by atoms with Crippen LogP contribution in [0.25, 0.3) is 0 Å². The Morgan fingerprint density at radius 3 is 2.53 bits per heavy atom. The number of hydrogen-bond acceptors (Lipinski definition) is 3. The van der Waals surface area contributed by atoms with Gasteiger partial charge in [-0.25, -0.2) is 0 Å². The highest BCUT2D eigenvalue weighted by Gasteiger charge is 2.31. The number of aromatic nitrogens is 1. The molecule has 3 nitrogen and oxygen atoms in total. The molecule has 98 valence electrons. The minimum Gasteiger partial charge on any atom is -0.460 e. The number of hydrogen-bond donors (Lipinski definition) is 0. The number of carbonyl (C=O) groups is 1. The fraction of sp³-hybridized carbons (Fsp3) is 0.250. The second-order valence-electron chi connectivity index (χ2n) is 4.93. The van der Waals surface area contributed by atoms with Crippen LogP contribution < -0.4 is 0 Å². The van der Waals surface area contributed by atoms with Crippen LogP contribution in [0, 0.1) is 0 Å². The molecular formula is C16H17NO2. The maximum Gasteiger partial charge on any atom is 0.316 e. The average molecular weight is 255 g/mol. The highest BCUT2D eigenvalue weighted by Crippen LogP contribution is 2.24. The van der Waals surface area contributed by atoms with E-state index >= 15 is 0 Å². The first-order valence-electron chi connectivity index (χ1n) is 6.22. The molecule has 0 N–H and O–H groups in total. The van der Waals surface area contributed by atoms with Gasteiger partial charge in [-0.3, -0.25) is 9.78 Å². The zero-order valence-corrected chi connectivity index (χ0v) is 11.2. The minimum atomic E-state index is -0.691. The van der Waals surface area contributed by atoms with Gasteiger partial charge in [0.25, 0.3) is 0 Å². The lowest BCUT2D eigenvalue weighted by Gasteiger charge is -2.22. The van der Waals surface area contributed by atoms with Crippen LogP contribution in [0.5, 0.6) is 0 Å². The van der Waals surface area contributed by atoms with Gasteiger partial charge in [-0.15, -0.1) is 0 Å². The Labute approximate surface area is 113 Å². The molecule has 0 aliphatic rings. The molecule has 0 aliphatic carbocycles. The fourth-order valence-electron chi connectivity index (χ4n) is 1.75. The van der Waals surface area contributed by atoms with E-state index in [1.165, 1.54) is 0 Å². The van der Waals surface area contributed by atoms with Crippen LogP contribution >= 0.6 is 0 Å². The highest BCUT2D eigenvalue weighted by molar-refractivity contribution is 5.82. The first kappa shape index (κ1) is 13.3. The average Bonchev–Trinajstić information content (AvgIpc) is 2.46. The van der Waals surface area contributed by atoms with Gasteiger partial charge in [0.1, 0.15) is 6.61 Å². The van der Waals surface area contributed by atoms with Gasteiger partial charge in [0, 0.05) is 12.4 Å². The van der Waals surface area contributed by atoms with E-state index in [-0.39, 0.29) is 5.97 Å². The summed E-state index contributed by atoms with van der Waals surface area (Å²) in [7, 11) is 0. The summed E-state index contributed by atoms with van der Waals surface area (Å²) < 4.78 is 5.38. The molecule has 0 amide bonds. The number of rotatable bonds is 4. The van der Waals surface area contributed by atoms with Gasteiger partial charge in [-0.2, -0.15) is 0 Å². The Balaban J connectivity index is 2.03. The lowest BCUT2D eigenvalue weighted by atomic mass is 9.86. The minimum absolute atomic E-state index is 0.246. The monoisotopic (exact) mass is 255 g/mol. The molecule has 0 fully saturated rings. The van der Waals surface area contributed by atoms with Gasteiger partial charge in [0.2, 0.25) is 0 Å². The number of carbonyl (C=O) groups excluding carboxylic acids is 1. The Bertz CT molecular complexity index is 535. The third kappa shape index (κ3) is 3.19. The number of ether oxygens (including phenoxy) is 1. The Hall–Kier alpha value is -2.16. The molecule has 0 aliphatic heterocycles. The van der Waals surface area contributed by atoms with E-state index in [1.54, 1.807) is 12.4 Å². The lowest BCUT2D eigenvalue weighted by Crippen LogP contribution is -2.31. The van der Waals surface area contributed by atoms with Crippen LogP contribution in [-0.4, -0.2) is 11.0 Å². The zero-order chi connectivity index (χ0) is 13.7. The number of esters is 1. The van der Waals surface area contributed by atoms with Crippen LogP contribution in [0.2, 0.25) is 0 Å². The second-order valence-corrected chi connectivity index (χ2v) is 4.93. The van der Waals surface area contributed by atoms with E-state index in [0.29, 0.717) is 6.61 Å².